The number of aliphatic imine (C=N–C) groups is 1. The third kappa shape index (κ3) is 7.13. The molecule has 0 aliphatic carbocycles. The molecule has 0 amide bonds. The van der Waals surface area contributed by atoms with Crippen molar-refractivity contribution in [1.29, 1.82) is 0 Å². The summed E-state index contributed by atoms with van der Waals surface area (Å²) in [6, 6.07) is 0.748. The normalized spacial score (nSPS) is 18.7. The standard InChI is InChI=1S/C18H33N5O.HI/c1-5-16-9-7-8-11-23(16)12-10-20-18(19-6-2)21-13-17-22-14(3)15(4)24-17;/h16H,5-13H2,1-4H3,(H2,19,20,21);1H. The third-order valence-electron chi connectivity index (χ3n) is 4.70. The molecule has 2 N–H and O–H groups in total. The molecule has 2 heterocycles. The van der Waals surface area contributed by atoms with Gasteiger partial charge in [-0.1, -0.05) is 13.3 Å². The maximum Gasteiger partial charge on any atom is 0.216 e. The molecule has 0 spiro atoms. The Morgan fingerprint density at radius 3 is 2.72 bits per heavy atom. The molecule has 1 unspecified atom stereocenters. The Morgan fingerprint density at radius 2 is 2.08 bits per heavy atom. The molecular weight excluding hydrogens is 429 g/mol. The third-order valence-corrected chi connectivity index (χ3v) is 4.70. The largest absolute Gasteiger partial charge is 0.444 e. The van der Waals surface area contributed by atoms with E-state index in [1.807, 2.05) is 13.8 Å². The van der Waals surface area contributed by atoms with Gasteiger partial charge in [-0.15, -0.1) is 24.0 Å². The molecule has 1 aliphatic heterocycles. The predicted octanol–water partition coefficient (Wildman–Crippen LogP) is 3.23. The van der Waals surface area contributed by atoms with E-state index in [1.165, 1.54) is 32.2 Å². The van der Waals surface area contributed by atoms with Crippen molar-refractivity contribution in [3.63, 3.8) is 0 Å². The number of nitrogens with zero attached hydrogens (tertiary/aromatic N) is 3. The van der Waals surface area contributed by atoms with E-state index in [4.69, 9.17) is 4.42 Å². The van der Waals surface area contributed by atoms with Gasteiger partial charge in [-0.3, -0.25) is 4.90 Å². The fourth-order valence-corrected chi connectivity index (χ4v) is 3.23. The van der Waals surface area contributed by atoms with Crippen molar-refractivity contribution in [3.8, 4) is 0 Å². The van der Waals surface area contributed by atoms with Gasteiger partial charge >= 0.3 is 0 Å². The highest BCUT2D eigenvalue weighted by atomic mass is 127. The molecule has 6 nitrogen and oxygen atoms in total. The van der Waals surface area contributed by atoms with Crippen molar-refractivity contribution in [2.75, 3.05) is 26.2 Å². The summed E-state index contributed by atoms with van der Waals surface area (Å²) in [5.74, 6) is 2.37. The van der Waals surface area contributed by atoms with Crippen molar-refractivity contribution < 1.29 is 4.42 Å². The van der Waals surface area contributed by atoms with Crippen molar-refractivity contribution in [2.45, 2.75) is 66.0 Å². The average molecular weight is 463 g/mol. The first-order valence-electron chi connectivity index (χ1n) is 9.33. The fourth-order valence-electron chi connectivity index (χ4n) is 3.23. The zero-order valence-corrected chi connectivity index (χ0v) is 18.4. The van der Waals surface area contributed by atoms with Crippen LogP contribution in [0.2, 0.25) is 0 Å². The Labute approximate surface area is 169 Å². The van der Waals surface area contributed by atoms with E-state index in [0.29, 0.717) is 12.4 Å². The van der Waals surface area contributed by atoms with Gasteiger partial charge in [0.25, 0.3) is 0 Å². The monoisotopic (exact) mass is 463 g/mol. The topological polar surface area (TPSA) is 65.7 Å². The molecule has 1 fully saturated rings. The van der Waals surface area contributed by atoms with Crippen LogP contribution in [0.4, 0.5) is 0 Å². The molecule has 1 atom stereocenters. The Morgan fingerprint density at radius 1 is 1.28 bits per heavy atom. The molecule has 1 aliphatic rings. The molecule has 2 rings (SSSR count). The summed E-state index contributed by atoms with van der Waals surface area (Å²) in [6.07, 6.45) is 5.29. The first kappa shape index (κ1) is 22.2. The summed E-state index contributed by atoms with van der Waals surface area (Å²) in [5, 5.41) is 6.72. The van der Waals surface area contributed by atoms with E-state index in [2.05, 4.69) is 39.4 Å². The number of aromatic nitrogens is 1. The van der Waals surface area contributed by atoms with Crippen LogP contribution in [0.25, 0.3) is 0 Å². The predicted molar refractivity (Wildman–Crippen MR) is 114 cm³/mol. The SMILES string of the molecule is CCNC(=NCc1nc(C)c(C)o1)NCCN1CCCCC1CC.I. The van der Waals surface area contributed by atoms with Gasteiger partial charge in [0.05, 0.1) is 5.69 Å². The highest BCUT2D eigenvalue weighted by Crippen LogP contribution is 2.18. The van der Waals surface area contributed by atoms with Gasteiger partial charge in [-0.25, -0.2) is 9.98 Å². The lowest BCUT2D eigenvalue weighted by atomic mass is 10.0. The molecule has 0 saturated carbocycles. The lowest BCUT2D eigenvalue weighted by Crippen LogP contribution is -2.45. The van der Waals surface area contributed by atoms with Crippen LogP contribution in [0.5, 0.6) is 0 Å². The molecule has 144 valence electrons. The second-order valence-electron chi connectivity index (χ2n) is 6.46. The lowest BCUT2D eigenvalue weighted by Gasteiger charge is -2.35. The Kier molecular flexibility index (Phi) is 10.4. The van der Waals surface area contributed by atoms with Crippen molar-refractivity contribution in [1.82, 2.24) is 20.5 Å². The minimum Gasteiger partial charge on any atom is -0.444 e. The van der Waals surface area contributed by atoms with E-state index in [9.17, 15) is 0 Å². The molecule has 1 aromatic heterocycles. The number of hydrogen-bond donors (Lipinski definition) is 2. The minimum atomic E-state index is 0. The number of likely N-dealkylation sites (tertiary alicyclic amines) is 1. The van der Waals surface area contributed by atoms with Crippen molar-refractivity contribution in [3.05, 3.63) is 17.3 Å². The number of oxazole rings is 1. The zero-order valence-electron chi connectivity index (χ0n) is 16.1. The van der Waals surface area contributed by atoms with Gasteiger partial charge in [0, 0.05) is 25.7 Å². The van der Waals surface area contributed by atoms with Gasteiger partial charge in [0.1, 0.15) is 12.3 Å². The Bertz CT molecular complexity index is 512. The lowest BCUT2D eigenvalue weighted by molar-refractivity contribution is 0.147. The maximum absolute atomic E-state index is 5.59. The number of rotatable bonds is 7. The number of nitrogens with one attached hydrogen (secondary N) is 2. The Balaban J connectivity index is 0.00000312. The minimum absolute atomic E-state index is 0. The van der Waals surface area contributed by atoms with Crippen LogP contribution >= 0.6 is 24.0 Å². The van der Waals surface area contributed by atoms with E-state index < -0.39 is 0 Å². The quantitative estimate of drug-likeness (QED) is 0.369. The smallest absolute Gasteiger partial charge is 0.216 e. The molecule has 1 saturated heterocycles. The van der Waals surface area contributed by atoms with Crippen LogP contribution in [0.3, 0.4) is 0 Å². The van der Waals surface area contributed by atoms with E-state index in [1.54, 1.807) is 0 Å². The first-order valence-corrected chi connectivity index (χ1v) is 9.33. The van der Waals surface area contributed by atoms with Crippen molar-refractivity contribution in [2.24, 2.45) is 4.99 Å². The molecule has 25 heavy (non-hydrogen) atoms. The van der Waals surface area contributed by atoms with Gasteiger partial charge in [-0.2, -0.15) is 0 Å². The molecule has 7 heteroatoms. The van der Waals surface area contributed by atoms with E-state index >= 15 is 0 Å². The highest BCUT2D eigenvalue weighted by molar-refractivity contribution is 14.0. The number of guanidine groups is 1. The number of aryl methyl sites for hydroxylation is 2. The van der Waals surface area contributed by atoms with E-state index in [-0.39, 0.29) is 24.0 Å². The zero-order chi connectivity index (χ0) is 17.4. The van der Waals surface area contributed by atoms with Gasteiger partial charge < -0.3 is 15.1 Å². The maximum atomic E-state index is 5.59. The van der Waals surface area contributed by atoms with Crippen LogP contribution in [-0.2, 0) is 6.54 Å². The summed E-state index contributed by atoms with van der Waals surface area (Å²) in [5.41, 5.74) is 0.939. The van der Waals surface area contributed by atoms with Crippen LogP contribution in [0, 0.1) is 13.8 Å². The second kappa shape index (κ2) is 11.7. The summed E-state index contributed by atoms with van der Waals surface area (Å²) >= 11 is 0. The summed E-state index contributed by atoms with van der Waals surface area (Å²) in [6.45, 7) is 12.8. The molecule has 1 aromatic rings. The van der Waals surface area contributed by atoms with Crippen molar-refractivity contribution >= 4 is 29.9 Å². The molecule has 0 aromatic carbocycles. The first-order chi connectivity index (χ1) is 11.6. The van der Waals surface area contributed by atoms with Crippen LogP contribution < -0.4 is 10.6 Å². The molecule has 0 radical (unpaired) electrons. The number of halogens is 1. The van der Waals surface area contributed by atoms with E-state index in [0.717, 1.165) is 43.1 Å². The van der Waals surface area contributed by atoms with Gasteiger partial charge in [-0.05, 0) is 46.6 Å². The van der Waals surface area contributed by atoms with Gasteiger partial charge in [0.15, 0.2) is 5.96 Å². The number of piperidine rings is 1. The van der Waals surface area contributed by atoms with Crippen LogP contribution in [-0.4, -0.2) is 48.1 Å². The molecular formula is C18H34IN5O. The van der Waals surface area contributed by atoms with Crippen LogP contribution in [0.1, 0.15) is 56.9 Å². The van der Waals surface area contributed by atoms with Gasteiger partial charge in [0.2, 0.25) is 5.89 Å². The number of hydrogen-bond acceptors (Lipinski definition) is 4. The second-order valence-corrected chi connectivity index (χ2v) is 6.46. The highest BCUT2D eigenvalue weighted by Gasteiger charge is 2.19. The molecule has 0 bridgehead atoms. The summed E-state index contributed by atoms with van der Waals surface area (Å²) in [4.78, 5) is 11.6. The fraction of sp³-hybridized carbons (Fsp3) is 0.778. The summed E-state index contributed by atoms with van der Waals surface area (Å²) < 4.78 is 5.59. The Hall–Kier alpha value is -0.830. The van der Waals surface area contributed by atoms with Crippen LogP contribution in [0.15, 0.2) is 9.41 Å². The average Bonchev–Trinajstić information content (AvgIpc) is 2.91. The summed E-state index contributed by atoms with van der Waals surface area (Å²) in [7, 11) is 0.